The molecule has 2 heterocycles. The van der Waals surface area contributed by atoms with E-state index in [1.165, 1.54) is 11.8 Å². The average molecular weight is 315 g/mol. The Labute approximate surface area is 128 Å². The van der Waals surface area contributed by atoms with Crippen LogP contribution in [0, 0.1) is 0 Å². The normalized spacial score (nSPS) is 16.7. The smallest absolute Gasteiger partial charge is 0.235 e. The van der Waals surface area contributed by atoms with Crippen LogP contribution in [0.1, 0.15) is 19.8 Å². The molecular formula is C12H21N5O3S. The second kappa shape index (κ2) is 7.71. The van der Waals surface area contributed by atoms with Gasteiger partial charge in [-0.2, -0.15) is 0 Å². The molecule has 1 amide bonds. The van der Waals surface area contributed by atoms with Crippen molar-refractivity contribution in [1.82, 2.24) is 25.1 Å². The molecule has 1 atom stereocenters. The molecule has 0 spiro atoms. The van der Waals surface area contributed by atoms with Gasteiger partial charge in [-0.25, -0.2) is 4.68 Å². The van der Waals surface area contributed by atoms with E-state index in [0.717, 1.165) is 25.9 Å². The van der Waals surface area contributed by atoms with E-state index in [1.807, 2.05) is 11.8 Å². The van der Waals surface area contributed by atoms with Crippen LogP contribution in [0.5, 0.6) is 0 Å². The molecule has 0 N–H and O–H groups in total. The zero-order chi connectivity index (χ0) is 15.2. The quantitative estimate of drug-likeness (QED) is 0.532. The van der Waals surface area contributed by atoms with E-state index in [1.54, 1.807) is 18.9 Å². The van der Waals surface area contributed by atoms with Crippen molar-refractivity contribution >= 4 is 17.7 Å². The number of ether oxygens (including phenoxy) is 2. The van der Waals surface area contributed by atoms with E-state index in [2.05, 4.69) is 15.5 Å². The van der Waals surface area contributed by atoms with Crippen LogP contribution in [0.4, 0.5) is 0 Å². The Morgan fingerprint density at radius 1 is 1.33 bits per heavy atom. The summed E-state index contributed by atoms with van der Waals surface area (Å²) in [7, 11) is 3.12. The summed E-state index contributed by atoms with van der Waals surface area (Å²) in [4.78, 5) is 14.2. The Morgan fingerprint density at radius 3 is 2.62 bits per heavy atom. The number of methoxy groups -OCH3 is 2. The van der Waals surface area contributed by atoms with Gasteiger partial charge < -0.3 is 14.4 Å². The van der Waals surface area contributed by atoms with E-state index in [4.69, 9.17) is 9.47 Å². The minimum atomic E-state index is -0.419. The minimum absolute atomic E-state index is 0.141. The number of likely N-dealkylation sites (tertiary alicyclic amines) is 1. The number of hydrogen-bond acceptors (Lipinski definition) is 7. The molecule has 1 aromatic heterocycles. The number of aromatic nitrogens is 4. The molecule has 1 unspecified atom stereocenters. The first kappa shape index (κ1) is 16.2. The Bertz CT molecular complexity index is 460. The van der Waals surface area contributed by atoms with Gasteiger partial charge >= 0.3 is 0 Å². The lowest BCUT2D eigenvalue weighted by Gasteiger charge is -2.19. The van der Waals surface area contributed by atoms with E-state index < -0.39 is 6.29 Å². The van der Waals surface area contributed by atoms with Gasteiger partial charge in [0.1, 0.15) is 0 Å². The van der Waals surface area contributed by atoms with Crippen molar-refractivity contribution in [2.45, 2.75) is 43.0 Å². The SMILES string of the molecule is COC(Cn1nnnc1SC(C)C(=O)N1CCCC1)OC. The average Bonchev–Trinajstić information content (AvgIpc) is 3.15. The highest BCUT2D eigenvalue weighted by atomic mass is 32.2. The maximum atomic E-state index is 12.3. The molecule has 0 bridgehead atoms. The molecule has 0 saturated carbocycles. The van der Waals surface area contributed by atoms with Crippen LogP contribution in [0.15, 0.2) is 5.16 Å². The van der Waals surface area contributed by atoms with Crippen LogP contribution in [0.25, 0.3) is 0 Å². The van der Waals surface area contributed by atoms with Crippen LogP contribution in [-0.2, 0) is 20.8 Å². The molecule has 1 aliphatic rings. The van der Waals surface area contributed by atoms with Crippen LogP contribution < -0.4 is 0 Å². The number of thioether (sulfide) groups is 1. The molecule has 0 radical (unpaired) electrons. The first-order valence-electron chi connectivity index (χ1n) is 6.93. The number of nitrogens with zero attached hydrogens (tertiary/aromatic N) is 5. The zero-order valence-electron chi connectivity index (χ0n) is 12.6. The number of tetrazole rings is 1. The number of hydrogen-bond donors (Lipinski definition) is 0. The Balaban J connectivity index is 1.96. The topological polar surface area (TPSA) is 82.4 Å². The molecule has 8 nitrogen and oxygen atoms in total. The predicted octanol–water partition coefficient (Wildman–Crippen LogP) is 0.395. The molecule has 1 aromatic rings. The first-order valence-corrected chi connectivity index (χ1v) is 7.81. The highest BCUT2D eigenvalue weighted by Gasteiger charge is 2.26. The van der Waals surface area contributed by atoms with Gasteiger partial charge in [0.05, 0.1) is 11.8 Å². The molecule has 21 heavy (non-hydrogen) atoms. The molecule has 0 aromatic carbocycles. The second-order valence-electron chi connectivity index (χ2n) is 4.84. The van der Waals surface area contributed by atoms with Gasteiger partial charge in [-0.05, 0) is 30.2 Å². The van der Waals surface area contributed by atoms with Gasteiger partial charge in [0, 0.05) is 27.3 Å². The summed E-state index contributed by atoms with van der Waals surface area (Å²) < 4.78 is 11.9. The number of carbonyl (C=O) groups is 1. The maximum absolute atomic E-state index is 12.3. The third-order valence-electron chi connectivity index (χ3n) is 3.39. The lowest BCUT2D eigenvalue weighted by Crippen LogP contribution is -2.34. The van der Waals surface area contributed by atoms with Gasteiger partial charge in [0.2, 0.25) is 11.1 Å². The van der Waals surface area contributed by atoms with Crippen molar-refractivity contribution in [1.29, 1.82) is 0 Å². The van der Waals surface area contributed by atoms with Gasteiger partial charge in [0.25, 0.3) is 0 Å². The molecule has 0 aliphatic carbocycles. The summed E-state index contributed by atoms with van der Waals surface area (Å²) in [5.41, 5.74) is 0. The molecule has 9 heteroatoms. The van der Waals surface area contributed by atoms with Gasteiger partial charge in [0.15, 0.2) is 6.29 Å². The summed E-state index contributed by atoms with van der Waals surface area (Å²) in [5.74, 6) is 0.141. The lowest BCUT2D eigenvalue weighted by atomic mass is 10.4. The van der Waals surface area contributed by atoms with E-state index in [0.29, 0.717) is 11.7 Å². The third-order valence-corrected chi connectivity index (χ3v) is 4.45. The Hall–Kier alpha value is -1.19. The second-order valence-corrected chi connectivity index (χ2v) is 6.14. The van der Waals surface area contributed by atoms with E-state index >= 15 is 0 Å². The third kappa shape index (κ3) is 4.14. The Kier molecular flexibility index (Phi) is 5.95. The molecule has 1 saturated heterocycles. The molecule has 1 aliphatic heterocycles. The molecule has 1 fully saturated rings. The van der Waals surface area contributed by atoms with Crippen LogP contribution in [0.2, 0.25) is 0 Å². The van der Waals surface area contributed by atoms with Gasteiger partial charge in [-0.15, -0.1) is 5.10 Å². The summed E-state index contributed by atoms with van der Waals surface area (Å²) in [6.45, 7) is 3.97. The van der Waals surface area contributed by atoms with E-state index in [-0.39, 0.29) is 11.2 Å². The summed E-state index contributed by atoms with van der Waals surface area (Å²) >= 11 is 1.36. The number of rotatable bonds is 7. The summed E-state index contributed by atoms with van der Waals surface area (Å²) in [5, 5.41) is 11.9. The molecular weight excluding hydrogens is 294 g/mol. The lowest BCUT2D eigenvalue weighted by molar-refractivity contribution is -0.129. The zero-order valence-corrected chi connectivity index (χ0v) is 13.4. The predicted molar refractivity (Wildman–Crippen MR) is 76.8 cm³/mol. The van der Waals surface area contributed by atoms with Gasteiger partial charge in [-0.1, -0.05) is 11.8 Å². The monoisotopic (exact) mass is 315 g/mol. The summed E-state index contributed by atoms with van der Waals surface area (Å²) in [6.07, 6.45) is 1.76. The first-order chi connectivity index (χ1) is 10.2. The van der Waals surface area contributed by atoms with Gasteiger partial charge in [-0.3, -0.25) is 4.79 Å². The fourth-order valence-electron chi connectivity index (χ4n) is 2.19. The largest absolute Gasteiger partial charge is 0.354 e. The molecule has 2 rings (SSSR count). The fraction of sp³-hybridized carbons (Fsp3) is 0.833. The number of amides is 1. The van der Waals surface area contributed by atoms with Crippen LogP contribution in [-0.4, -0.2) is 69.9 Å². The maximum Gasteiger partial charge on any atom is 0.235 e. The summed E-state index contributed by atoms with van der Waals surface area (Å²) in [6, 6.07) is 0. The van der Waals surface area contributed by atoms with Crippen molar-refractivity contribution in [3.63, 3.8) is 0 Å². The van der Waals surface area contributed by atoms with Crippen molar-refractivity contribution in [2.24, 2.45) is 0 Å². The minimum Gasteiger partial charge on any atom is -0.354 e. The van der Waals surface area contributed by atoms with Crippen LogP contribution in [0.3, 0.4) is 0 Å². The van der Waals surface area contributed by atoms with Crippen molar-refractivity contribution in [2.75, 3.05) is 27.3 Å². The van der Waals surface area contributed by atoms with Crippen molar-refractivity contribution in [3.05, 3.63) is 0 Å². The highest BCUT2D eigenvalue weighted by Crippen LogP contribution is 2.23. The van der Waals surface area contributed by atoms with Crippen molar-refractivity contribution in [3.8, 4) is 0 Å². The fourth-order valence-corrected chi connectivity index (χ4v) is 3.07. The van der Waals surface area contributed by atoms with E-state index in [9.17, 15) is 4.79 Å². The van der Waals surface area contributed by atoms with Crippen molar-refractivity contribution < 1.29 is 14.3 Å². The number of carbonyl (C=O) groups excluding carboxylic acids is 1. The highest BCUT2D eigenvalue weighted by molar-refractivity contribution is 8.00. The molecule has 118 valence electrons. The van der Waals surface area contributed by atoms with Crippen LogP contribution >= 0.6 is 11.8 Å². The standard InChI is InChI=1S/C12H21N5O3S/c1-9(11(18)16-6-4-5-7-16)21-12-13-14-15-17(12)8-10(19-2)20-3/h9-10H,4-8H2,1-3H3. The Morgan fingerprint density at radius 2 is 2.00 bits per heavy atom.